The van der Waals surface area contributed by atoms with Gasteiger partial charge >= 0.3 is 0 Å². The molecule has 0 aromatic heterocycles. The van der Waals surface area contributed by atoms with Gasteiger partial charge in [-0.25, -0.2) is 0 Å². The Morgan fingerprint density at radius 2 is 1.67 bits per heavy atom. The largest absolute Gasteiger partial charge is 0.508 e. The molecule has 1 fully saturated rings. The maximum atomic E-state index is 10.4. The highest BCUT2D eigenvalue weighted by molar-refractivity contribution is 6.12. The highest BCUT2D eigenvalue weighted by atomic mass is 16.5. The molecule has 1 N–H and O–H groups in total. The van der Waals surface area contributed by atoms with Crippen molar-refractivity contribution < 1.29 is 9.84 Å². The molecule has 2 aliphatic rings. The van der Waals surface area contributed by atoms with E-state index >= 15 is 0 Å². The Kier molecular flexibility index (Phi) is 3.83. The van der Waals surface area contributed by atoms with Gasteiger partial charge in [0.15, 0.2) is 0 Å². The summed E-state index contributed by atoms with van der Waals surface area (Å²) in [4.78, 5) is 2.66. The number of rotatable bonds is 1. The number of fused-ring (bicyclic) bond motifs is 7. The van der Waals surface area contributed by atoms with Crippen molar-refractivity contribution in [3.63, 3.8) is 0 Å². The molecule has 0 spiro atoms. The number of benzene rings is 3. The molecule has 1 saturated heterocycles. The predicted molar refractivity (Wildman–Crippen MR) is 111 cm³/mol. The summed E-state index contributed by atoms with van der Waals surface area (Å²) in [5, 5.41) is 15.5. The molecule has 5 rings (SSSR count). The number of methoxy groups -OCH3 is 1. The Hall–Kier alpha value is -2.26. The highest BCUT2D eigenvalue weighted by Gasteiger charge is 2.31. The number of hydrogen-bond acceptors (Lipinski definition) is 3. The molecule has 0 radical (unpaired) electrons. The summed E-state index contributed by atoms with van der Waals surface area (Å²) in [5.74, 6) is 1.36. The van der Waals surface area contributed by atoms with Crippen LogP contribution in [0.1, 0.15) is 41.5 Å². The number of phenols is 1. The summed E-state index contributed by atoms with van der Waals surface area (Å²) in [5.41, 5.74) is 4.95. The summed E-state index contributed by atoms with van der Waals surface area (Å²) in [6.07, 6.45) is 5.01. The van der Waals surface area contributed by atoms with E-state index in [0.717, 1.165) is 29.8 Å². The van der Waals surface area contributed by atoms with Crippen LogP contribution in [0.2, 0.25) is 0 Å². The van der Waals surface area contributed by atoms with Crippen molar-refractivity contribution in [2.75, 3.05) is 13.7 Å². The Morgan fingerprint density at radius 3 is 2.44 bits per heavy atom. The summed E-state index contributed by atoms with van der Waals surface area (Å²) in [6, 6.07) is 9.29. The SMILES string of the molecule is COc1cc2c3c(c4cc(O)c(C)cc4c2cc1C)CC1CCCCN1C3. The standard InChI is InChI=1S/C24H27NO2/c1-14-8-17-18-9-15(2)24(27-3)12-21(18)22-13-25-7-5-4-6-16(25)10-19(22)20(17)11-23(14)26/h8-9,11-12,16,26H,4-7,10,13H2,1-3H3. The topological polar surface area (TPSA) is 32.7 Å². The number of ether oxygens (including phenoxy) is 1. The second kappa shape index (κ2) is 6.13. The average Bonchev–Trinajstić information content (AvgIpc) is 2.68. The maximum absolute atomic E-state index is 10.4. The Balaban J connectivity index is 1.88. The number of aryl methyl sites for hydroxylation is 2. The van der Waals surface area contributed by atoms with Crippen LogP contribution in [0.25, 0.3) is 21.5 Å². The van der Waals surface area contributed by atoms with Crippen molar-refractivity contribution in [1.82, 2.24) is 4.90 Å². The molecule has 1 atom stereocenters. The summed E-state index contributed by atoms with van der Waals surface area (Å²) in [7, 11) is 1.75. The third kappa shape index (κ3) is 2.52. The van der Waals surface area contributed by atoms with Crippen LogP contribution in [-0.2, 0) is 13.0 Å². The smallest absolute Gasteiger partial charge is 0.122 e. The van der Waals surface area contributed by atoms with Gasteiger partial charge in [-0.05, 0) is 108 Å². The summed E-state index contributed by atoms with van der Waals surface area (Å²) >= 11 is 0. The number of piperidine rings is 1. The average molecular weight is 361 g/mol. The minimum absolute atomic E-state index is 0.403. The van der Waals surface area contributed by atoms with Crippen molar-refractivity contribution in [2.24, 2.45) is 0 Å². The fraction of sp³-hybridized carbons (Fsp3) is 0.417. The second-order valence-corrected chi connectivity index (χ2v) is 8.33. The van der Waals surface area contributed by atoms with Gasteiger partial charge in [-0.3, -0.25) is 4.90 Å². The second-order valence-electron chi connectivity index (χ2n) is 8.33. The number of nitrogens with zero attached hydrogens (tertiary/aromatic N) is 1. The molecule has 2 aliphatic heterocycles. The van der Waals surface area contributed by atoms with Crippen LogP contribution < -0.4 is 4.74 Å². The first-order valence-corrected chi connectivity index (χ1v) is 10.1. The first-order chi connectivity index (χ1) is 13.1. The van der Waals surface area contributed by atoms with Crippen molar-refractivity contribution in [2.45, 2.75) is 52.1 Å². The molecule has 3 heteroatoms. The molecule has 27 heavy (non-hydrogen) atoms. The van der Waals surface area contributed by atoms with E-state index in [1.165, 1.54) is 58.5 Å². The lowest BCUT2D eigenvalue weighted by Gasteiger charge is -2.41. The van der Waals surface area contributed by atoms with Gasteiger partial charge in [-0.15, -0.1) is 0 Å². The molecule has 2 heterocycles. The number of hydrogen-bond donors (Lipinski definition) is 1. The van der Waals surface area contributed by atoms with Gasteiger partial charge in [0.2, 0.25) is 0 Å². The van der Waals surface area contributed by atoms with Gasteiger partial charge in [0, 0.05) is 12.6 Å². The molecule has 140 valence electrons. The minimum Gasteiger partial charge on any atom is -0.508 e. The highest BCUT2D eigenvalue weighted by Crippen LogP contribution is 2.42. The van der Waals surface area contributed by atoms with Gasteiger partial charge in [0.1, 0.15) is 11.5 Å². The molecule has 3 aromatic rings. The predicted octanol–water partition coefficient (Wildman–Crippen LogP) is 5.23. The van der Waals surface area contributed by atoms with Crippen LogP contribution in [0.4, 0.5) is 0 Å². The molecule has 3 nitrogen and oxygen atoms in total. The Bertz CT molecular complexity index is 1070. The van der Waals surface area contributed by atoms with Gasteiger partial charge < -0.3 is 9.84 Å². The summed E-state index contributed by atoms with van der Waals surface area (Å²) < 4.78 is 5.65. The van der Waals surface area contributed by atoms with Crippen molar-refractivity contribution in [3.05, 3.63) is 46.5 Å². The van der Waals surface area contributed by atoms with E-state index in [1.807, 2.05) is 13.0 Å². The fourth-order valence-corrected chi connectivity index (χ4v) is 5.23. The van der Waals surface area contributed by atoms with Crippen LogP contribution >= 0.6 is 0 Å². The Morgan fingerprint density at radius 1 is 0.926 bits per heavy atom. The van der Waals surface area contributed by atoms with E-state index in [1.54, 1.807) is 7.11 Å². The Labute approximate surface area is 160 Å². The fourth-order valence-electron chi connectivity index (χ4n) is 5.23. The zero-order chi connectivity index (χ0) is 18.7. The van der Waals surface area contributed by atoms with Crippen LogP contribution in [0, 0.1) is 13.8 Å². The third-order valence-electron chi connectivity index (χ3n) is 6.73. The van der Waals surface area contributed by atoms with Crippen LogP contribution in [0.3, 0.4) is 0 Å². The van der Waals surface area contributed by atoms with Crippen molar-refractivity contribution in [3.8, 4) is 11.5 Å². The van der Waals surface area contributed by atoms with Crippen LogP contribution in [0.5, 0.6) is 11.5 Å². The molecule has 0 saturated carbocycles. The van der Waals surface area contributed by atoms with E-state index in [4.69, 9.17) is 4.74 Å². The molecule has 0 amide bonds. The molecule has 3 aromatic carbocycles. The van der Waals surface area contributed by atoms with E-state index in [0.29, 0.717) is 11.8 Å². The number of phenolic OH excluding ortho intramolecular Hbond substituents is 1. The first-order valence-electron chi connectivity index (χ1n) is 10.1. The monoisotopic (exact) mass is 361 g/mol. The van der Waals surface area contributed by atoms with Crippen molar-refractivity contribution >= 4 is 21.5 Å². The molecular weight excluding hydrogens is 334 g/mol. The van der Waals surface area contributed by atoms with Gasteiger partial charge in [0.05, 0.1) is 7.11 Å². The number of aromatic hydroxyl groups is 1. The lowest BCUT2D eigenvalue weighted by molar-refractivity contribution is 0.128. The normalized spacial score (nSPS) is 19.9. The van der Waals surface area contributed by atoms with E-state index in [-0.39, 0.29) is 0 Å². The van der Waals surface area contributed by atoms with Crippen molar-refractivity contribution in [1.29, 1.82) is 0 Å². The van der Waals surface area contributed by atoms with Crippen LogP contribution in [-0.4, -0.2) is 29.7 Å². The zero-order valence-corrected chi connectivity index (χ0v) is 16.4. The third-order valence-corrected chi connectivity index (χ3v) is 6.73. The lowest BCUT2D eigenvalue weighted by atomic mass is 9.82. The molecule has 0 aliphatic carbocycles. The van der Waals surface area contributed by atoms with Gasteiger partial charge in [0.25, 0.3) is 0 Å². The summed E-state index contributed by atoms with van der Waals surface area (Å²) in [6.45, 7) is 6.30. The van der Waals surface area contributed by atoms with E-state index in [2.05, 4.69) is 30.0 Å². The van der Waals surface area contributed by atoms with Gasteiger partial charge in [-0.2, -0.15) is 0 Å². The maximum Gasteiger partial charge on any atom is 0.122 e. The zero-order valence-electron chi connectivity index (χ0n) is 16.4. The molecule has 1 unspecified atom stereocenters. The molecular formula is C24H27NO2. The minimum atomic E-state index is 0.403. The molecule has 0 bridgehead atoms. The lowest BCUT2D eigenvalue weighted by Crippen LogP contribution is -2.43. The first kappa shape index (κ1) is 16.9. The van der Waals surface area contributed by atoms with E-state index in [9.17, 15) is 5.11 Å². The van der Waals surface area contributed by atoms with Crippen LogP contribution in [0.15, 0.2) is 24.3 Å². The quantitative estimate of drug-likeness (QED) is 0.602. The van der Waals surface area contributed by atoms with E-state index < -0.39 is 0 Å². The van der Waals surface area contributed by atoms with Gasteiger partial charge in [-0.1, -0.05) is 6.42 Å².